The van der Waals surface area contributed by atoms with Crippen LogP contribution < -0.4 is 0 Å². The molecule has 0 unspecified atom stereocenters. The van der Waals surface area contributed by atoms with Crippen LogP contribution in [0.2, 0.25) is 0 Å². The smallest absolute Gasteiger partial charge is 0.199 e. The Morgan fingerprint density at radius 3 is 2.46 bits per heavy atom. The maximum Gasteiger partial charge on any atom is 0.199 e. The second kappa shape index (κ2) is 6.98. The molecule has 0 aromatic heterocycles. The topological polar surface area (TPSA) is 74.6 Å². The quantitative estimate of drug-likeness (QED) is 0.852. The molecule has 2 rings (SSSR count). The van der Waals surface area contributed by atoms with Gasteiger partial charge in [-0.1, -0.05) is 38.1 Å². The van der Waals surface area contributed by atoms with Gasteiger partial charge < -0.3 is 10.2 Å². The lowest BCUT2D eigenvalue weighted by Crippen LogP contribution is -2.55. The molecule has 24 heavy (non-hydrogen) atoms. The van der Waals surface area contributed by atoms with E-state index in [-0.39, 0.29) is 16.2 Å². The van der Waals surface area contributed by atoms with Gasteiger partial charge in [0.05, 0.1) is 16.6 Å². The standard InChI is InChI=1S/C19H28O4S/c1-18(2)13-12-17(20)19(3,21)16(18)11-7-8-14-24(22,23)15-9-5-4-6-10-15/h4-6,8-10,14,16-17,20-21H,7,11-13H2,1-3H3/b14-8+/t16-,17-,19-/m1/s1. The SMILES string of the molecule is CC1(C)CC[C@@H](O)[C@](C)(O)[C@@H]1CC/C=C/S(=O)(=O)c1ccccc1. The predicted octanol–water partition coefficient (Wildman–Crippen LogP) is 3.30. The van der Waals surface area contributed by atoms with Gasteiger partial charge >= 0.3 is 0 Å². The molecule has 0 aliphatic heterocycles. The van der Waals surface area contributed by atoms with Crippen LogP contribution in [0.5, 0.6) is 0 Å². The van der Waals surface area contributed by atoms with Crippen molar-refractivity contribution in [1.82, 2.24) is 0 Å². The molecule has 4 nitrogen and oxygen atoms in total. The molecule has 0 saturated heterocycles. The van der Waals surface area contributed by atoms with E-state index in [4.69, 9.17) is 0 Å². The van der Waals surface area contributed by atoms with Gasteiger partial charge in [0.15, 0.2) is 9.84 Å². The molecule has 3 atom stereocenters. The van der Waals surface area contributed by atoms with Crippen LogP contribution in [0.25, 0.3) is 0 Å². The van der Waals surface area contributed by atoms with E-state index in [1.165, 1.54) is 5.41 Å². The first-order valence-corrected chi connectivity index (χ1v) is 9.99. The number of benzene rings is 1. The normalized spacial score (nSPS) is 30.5. The van der Waals surface area contributed by atoms with E-state index in [9.17, 15) is 18.6 Å². The molecule has 134 valence electrons. The summed E-state index contributed by atoms with van der Waals surface area (Å²) in [6, 6.07) is 8.32. The van der Waals surface area contributed by atoms with Crippen LogP contribution in [-0.2, 0) is 9.84 Å². The minimum Gasteiger partial charge on any atom is -0.390 e. The van der Waals surface area contributed by atoms with E-state index >= 15 is 0 Å². The van der Waals surface area contributed by atoms with Gasteiger partial charge in [-0.25, -0.2) is 8.42 Å². The molecular weight excluding hydrogens is 324 g/mol. The number of allylic oxidation sites excluding steroid dienone is 1. The van der Waals surface area contributed by atoms with Crippen molar-refractivity contribution in [2.45, 2.75) is 63.1 Å². The van der Waals surface area contributed by atoms with Gasteiger partial charge in [0, 0.05) is 5.41 Å². The van der Waals surface area contributed by atoms with Crippen LogP contribution in [-0.4, -0.2) is 30.3 Å². The second-order valence-electron chi connectivity index (χ2n) is 7.63. The van der Waals surface area contributed by atoms with E-state index in [2.05, 4.69) is 13.8 Å². The molecule has 1 aliphatic carbocycles. The molecule has 0 amide bonds. The van der Waals surface area contributed by atoms with Gasteiger partial charge in [-0.15, -0.1) is 0 Å². The minimum absolute atomic E-state index is 0.0853. The number of aliphatic hydroxyl groups excluding tert-OH is 1. The fourth-order valence-corrected chi connectivity index (χ4v) is 4.91. The number of sulfone groups is 1. The predicted molar refractivity (Wildman–Crippen MR) is 95.1 cm³/mol. The highest BCUT2D eigenvalue weighted by molar-refractivity contribution is 7.94. The number of aliphatic hydroxyl groups is 2. The minimum atomic E-state index is -3.42. The molecule has 1 fully saturated rings. The highest BCUT2D eigenvalue weighted by Crippen LogP contribution is 2.48. The molecule has 0 heterocycles. The Bertz CT molecular complexity index is 675. The summed E-state index contributed by atoms with van der Waals surface area (Å²) in [6.07, 6.45) is 3.54. The van der Waals surface area contributed by atoms with Crippen LogP contribution in [0, 0.1) is 11.3 Å². The van der Waals surface area contributed by atoms with Crippen LogP contribution in [0.15, 0.2) is 46.7 Å². The van der Waals surface area contributed by atoms with Crippen molar-refractivity contribution in [1.29, 1.82) is 0 Å². The Kier molecular flexibility index (Phi) is 5.57. The summed E-state index contributed by atoms with van der Waals surface area (Å²) in [5.41, 5.74) is -1.23. The zero-order valence-electron chi connectivity index (χ0n) is 14.6. The van der Waals surface area contributed by atoms with Crippen molar-refractivity contribution >= 4 is 9.84 Å². The Balaban J connectivity index is 2.05. The molecule has 1 saturated carbocycles. The fourth-order valence-electron chi connectivity index (χ4n) is 3.83. The molecule has 1 aliphatic rings. The van der Waals surface area contributed by atoms with Gasteiger partial charge in [0.25, 0.3) is 0 Å². The summed E-state index contributed by atoms with van der Waals surface area (Å²) in [6.45, 7) is 5.89. The third-order valence-corrected chi connectivity index (χ3v) is 6.83. The van der Waals surface area contributed by atoms with Gasteiger partial charge in [-0.2, -0.15) is 0 Å². The van der Waals surface area contributed by atoms with Crippen LogP contribution in [0.4, 0.5) is 0 Å². The third kappa shape index (κ3) is 4.08. The number of hydrogen-bond donors (Lipinski definition) is 2. The highest BCUT2D eigenvalue weighted by atomic mass is 32.2. The summed E-state index contributed by atoms with van der Waals surface area (Å²) in [5, 5.41) is 22.0. The van der Waals surface area contributed by atoms with Crippen molar-refractivity contribution in [2.75, 3.05) is 0 Å². The first kappa shape index (κ1) is 19.2. The number of rotatable bonds is 5. The van der Waals surface area contributed by atoms with Crippen LogP contribution >= 0.6 is 0 Å². The van der Waals surface area contributed by atoms with E-state index in [0.29, 0.717) is 19.3 Å². The van der Waals surface area contributed by atoms with Gasteiger partial charge in [0.1, 0.15) is 0 Å². The molecule has 1 aromatic carbocycles. The second-order valence-corrected chi connectivity index (χ2v) is 9.46. The zero-order valence-corrected chi connectivity index (χ0v) is 15.5. The van der Waals surface area contributed by atoms with Crippen molar-refractivity contribution < 1.29 is 18.6 Å². The molecule has 2 N–H and O–H groups in total. The van der Waals surface area contributed by atoms with Crippen molar-refractivity contribution in [2.24, 2.45) is 11.3 Å². The highest BCUT2D eigenvalue weighted by Gasteiger charge is 2.49. The summed E-state index contributed by atoms with van der Waals surface area (Å²) in [4.78, 5) is 0.279. The molecular formula is C19H28O4S. The van der Waals surface area contributed by atoms with Gasteiger partial charge in [0.2, 0.25) is 0 Å². The first-order valence-electron chi connectivity index (χ1n) is 8.44. The fraction of sp³-hybridized carbons (Fsp3) is 0.579. The summed E-state index contributed by atoms with van der Waals surface area (Å²) in [7, 11) is -3.42. The molecule has 0 spiro atoms. The Morgan fingerprint density at radius 2 is 1.83 bits per heavy atom. The lowest BCUT2D eigenvalue weighted by Gasteiger charge is -2.50. The van der Waals surface area contributed by atoms with Crippen molar-refractivity contribution in [3.63, 3.8) is 0 Å². The monoisotopic (exact) mass is 352 g/mol. The average Bonchev–Trinajstić information content (AvgIpc) is 2.51. The number of hydrogen-bond acceptors (Lipinski definition) is 4. The van der Waals surface area contributed by atoms with Gasteiger partial charge in [-0.05, 0) is 56.1 Å². The van der Waals surface area contributed by atoms with Crippen LogP contribution in [0.3, 0.4) is 0 Å². The molecule has 0 radical (unpaired) electrons. The Morgan fingerprint density at radius 1 is 1.21 bits per heavy atom. The van der Waals surface area contributed by atoms with E-state index < -0.39 is 21.5 Å². The third-order valence-electron chi connectivity index (χ3n) is 5.35. The van der Waals surface area contributed by atoms with Crippen LogP contribution in [0.1, 0.15) is 46.5 Å². The maximum absolute atomic E-state index is 12.2. The summed E-state index contributed by atoms with van der Waals surface area (Å²) >= 11 is 0. The van der Waals surface area contributed by atoms with E-state index in [1.807, 2.05) is 0 Å². The average molecular weight is 352 g/mol. The first-order chi connectivity index (χ1) is 11.1. The van der Waals surface area contributed by atoms with Crippen molar-refractivity contribution in [3.8, 4) is 0 Å². The lowest BCUT2D eigenvalue weighted by atomic mass is 9.59. The van der Waals surface area contributed by atoms with Crippen molar-refractivity contribution in [3.05, 3.63) is 41.8 Å². The zero-order chi connectivity index (χ0) is 18.0. The largest absolute Gasteiger partial charge is 0.390 e. The van der Waals surface area contributed by atoms with E-state index in [1.54, 1.807) is 43.3 Å². The summed E-state index contributed by atoms with van der Waals surface area (Å²) in [5.74, 6) is -0.0853. The molecule has 1 aromatic rings. The van der Waals surface area contributed by atoms with Gasteiger partial charge in [-0.3, -0.25) is 0 Å². The molecule has 5 heteroatoms. The van der Waals surface area contributed by atoms with E-state index in [0.717, 1.165) is 6.42 Å². The maximum atomic E-state index is 12.2. The molecule has 0 bridgehead atoms. The summed E-state index contributed by atoms with van der Waals surface area (Å²) < 4.78 is 24.4. The Labute approximate surface area is 145 Å². The lowest BCUT2D eigenvalue weighted by molar-refractivity contribution is -0.164. The Hall–Kier alpha value is -1.17.